The van der Waals surface area contributed by atoms with Crippen LogP contribution in [0.15, 0.2) is 0 Å². The van der Waals surface area contributed by atoms with Crippen LogP contribution < -0.4 is 0 Å². The van der Waals surface area contributed by atoms with Crippen molar-refractivity contribution in [2.24, 2.45) is 0 Å². The Hall–Kier alpha value is 5.25. The van der Waals surface area contributed by atoms with Crippen molar-refractivity contribution >= 4 is 8.80 Å². The molecule has 0 atom stereocenters. The second kappa shape index (κ2) is 45.5. The molecule has 0 aliphatic carbocycles. The summed E-state index contributed by atoms with van der Waals surface area (Å²) in [6.45, 7) is 0. The maximum atomic E-state index is 3.01. The monoisotopic (exact) mass is 1510 g/mol. The average Bonchev–Trinajstić information content (AvgIpc) is 1.98. The van der Waals surface area contributed by atoms with Gasteiger partial charge in [-0.3, -0.25) is 0 Å². The summed E-state index contributed by atoms with van der Waals surface area (Å²) >= 11 is 9.52. The topological polar surface area (TPSA) is 0 Å². The Morgan fingerprint density at radius 3 is 0.909 bits per heavy atom. The first kappa shape index (κ1) is 29.9. The Kier molecular flexibility index (Phi) is 124. The summed E-state index contributed by atoms with van der Waals surface area (Å²) in [5, 5.41) is 0. The summed E-state index contributed by atoms with van der Waals surface area (Å²) in [5.74, 6) is 0. The predicted molar refractivity (Wildman–Crippen MR) is 14.6 cm³/mol. The third-order valence-corrected chi connectivity index (χ3v) is 1.18. The molecule has 0 unspecified atom stereocenters. The minimum absolute atomic E-state index is 0. The van der Waals surface area contributed by atoms with Gasteiger partial charge < -0.3 is 0 Å². The molecule has 0 spiro atoms. The predicted octanol–water partition coefficient (Wildman–Crippen LogP) is -0.186. The first-order valence-electron chi connectivity index (χ1n) is 1.45. The van der Waals surface area contributed by atoms with Crippen LogP contribution in [-0.2, 0) is 146 Å². The second-order valence-corrected chi connectivity index (χ2v) is 2.54. The molecule has 0 aromatic carbocycles. The first-order chi connectivity index (χ1) is 4.41. The van der Waals surface area contributed by atoms with Crippen molar-refractivity contribution in [1.29, 1.82) is 0 Å². The fraction of sp³-hybridized carbons (Fsp3) is 0.333. The van der Waals surface area contributed by atoms with Crippen molar-refractivity contribution in [3.63, 3.8) is 0 Å². The van der Waals surface area contributed by atoms with Gasteiger partial charge in [0.1, 0.15) is 0 Å². The first-order valence-corrected chi connectivity index (χ1v) is 26.4. The van der Waals surface area contributed by atoms with E-state index in [1.54, 1.807) is 64.9 Å². The van der Waals surface area contributed by atoms with Crippen molar-refractivity contribution in [2.75, 3.05) is 0 Å². The van der Waals surface area contributed by atoms with Crippen molar-refractivity contribution in [1.82, 2.24) is 0 Å². The zero-order valence-electron chi connectivity index (χ0n) is 4.97. The van der Waals surface area contributed by atoms with E-state index in [1.165, 1.54) is 38.7 Å². The summed E-state index contributed by atoms with van der Waals surface area (Å²) in [6, 6.07) is 0. The van der Waals surface area contributed by atoms with Crippen molar-refractivity contribution in [2.45, 2.75) is 6.42 Å². The summed E-state index contributed by atoms with van der Waals surface area (Å²) in [7, 11) is 0. The zero-order valence-corrected chi connectivity index (χ0v) is 28.4. The number of hydrogen-bond donors (Lipinski definition) is 0. The van der Waals surface area contributed by atoms with Gasteiger partial charge in [0.25, 0.3) is 0 Å². The molecule has 0 saturated carbocycles. The van der Waals surface area contributed by atoms with E-state index in [2.05, 4.69) is 8.80 Å². The van der Waals surface area contributed by atoms with Gasteiger partial charge in [0.05, 0.1) is 0 Å². The molecule has 0 aromatic rings. The van der Waals surface area contributed by atoms with Gasteiger partial charge in [-0.2, -0.15) is 0 Å². The van der Waals surface area contributed by atoms with Crippen LogP contribution in [0.3, 0.4) is 0 Å². The molecule has 0 heterocycles. The SMILES string of the molecule is [W].[W].[W]=[C-]C[C-]=[W].[W]=[W].[W]=[W]. The maximum absolute atomic E-state index is 3.01. The summed E-state index contributed by atoms with van der Waals surface area (Å²) in [5.41, 5.74) is 0. The third-order valence-electron chi connectivity index (χ3n) is 0.144. The van der Waals surface area contributed by atoms with E-state index in [0.29, 0.717) is 0 Å². The van der Waals surface area contributed by atoms with Gasteiger partial charge in [-0.05, 0) is 0 Å². The van der Waals surface area contributed by atoms with E-state index in [-0.39, 0.29) is 42.1 Å². The second-order valence-electron chi connectivity index (χ2n) is 0.465. The van der Waals surface area contributed by atoms with Crippen LogP contribution in [0.4, 0.5) is 0 Å². The average molecular weight is 1510 g/mol. The molecule has 0 radical (unpaired) electrons. The normalized spacial score (nSPS) is 3.64. The van der Waals surface area contributed by atoms with Gasteiger partial charge in [0.2, 0.25) is 0 Å². The Labute approximate surface area is 157 Å². The minimum atomic E-state index is 0. The quantitative estimate of drug-likeness (QED) is 0.338. The molecule has 0 aliphatic rings. The van der Waals surface area contributed by atoms with Gasteiger partial charge in [-0.1, -0.05) is 0 Å². The number of hydrogen-bond acceptors (Lipinski definition) is 0. The molecule has 0 N–H and O–H groups in total. The van der Waals surface area contributed by atoms with Crippen LogP contribution in [0.25, 0.3) is 0 Å². The molecule has 0 amide bonds. The molecule has 0 aromatic heterocycles. The van der Waals surface area contributed by atoms with Crippen LogP contribution in [0, 0.1) is 0 Å². The van der Waals surface area contributed by atoms with Gasteiger partial charge in [-0.25, -0.2) is 0 Å². The standard InChI is InChI=1S/C3H2.8W/c1-3-2;;;;;;;;/h3H2;;;;;;;;/q-2;;;;;;;;. The zero-order chi connectivity index (χ0) is 8.12. The molecule has 0 bridgehead atoms. The van der Waals surface area contributed by atoms with E-state index in [0.717, 1.165) is 6.42 Å². The molecule has 0 nitrogen and oxygen atoms in total. The summed E-state index contributed by atoms with van der Waals surface area (Å²) in [4.78, 5) is 0. The fourth-order valence-electron chi connectivity index (χ4n) is 0.0295. The van der Waals surface area contributed by atoms with E-state index >= 15 is 0 Å². The van der Waals surface area contributed by atoms with Crippen LogP contribution in [0.1, 0.15) is 6.42 Å². The fourth-order valence-corrected chi connectivity index (χ4v) is 1.97. The van der Waals surface area contributed by atoms with Crippen LogP contribution in [0.5, 0.6) is 0 Å². The molecular weight excluding hydrogens is 1510 g/mol. The molecule has 0 fully saturated rings. The number of rotatable bonds is 2. The Morgan fingerprint density at radius 1 is 0.727 bits per heavy atom. The van der Waals surface area contributed by atoms with Gasteiger partial charge in [0, 0.05) is 42.1 Å². The van der Waals surface area contributed by atoms with E-state index < -0.39 is 0 Å². The third kappa shape index (κ3) is 50.9. The van der Waals surface area contributed by atoms with Gasteiger partial charge >= 0.3 is 119 Å². The van der Waals surface area contributed by atoms with Crippen LogP contribution in [-0.4, -0.2) is 8.80 Å². The molecule has 0 rings (SSSR count). The van der Waals surface area contributed by atoms with Crippen LogP contribution in [0.2, 0.25) is 0 Å². The van der Waals surface area contributed by atoms with Gasteiger partial charge in [0.15, 0.2) is 0 Å². The van der Waals surface area contributed by atoms with Crippen LogP contribution >= 0.6 is 0 Å². The van der Waals surface area contributed by atoms with Gasteiger partial charge in [-0.15, -0.1) is 0 Å². The Balaban J connectivity index is -0.0000000178. The Morgan fingerprint density at radius 2 is 0.909 bits per heavy atom. The Bertz CT molecular complexity index is 54.4. The molecular formula is C3H2W8-2. The van der Waals surface area contributed by atoms with E-state index in [1.807, 2.05) is 0 Å². The summed E-state index contributed by atoms with van der Waals surface area (Å²) in [6.07, 6.45) is 0.963. The molecule has 64 valence electrons. The molecule has 0 saturated heterocycles. The molecule has 0 aliphatic heterocycles. The van der Waals surface area contributed by atoms with E-state index in [4.69, 9.17) is 0 Å². The van der Waals surface area contributed by atoms with Crippen molar-refractivity contribution < 1.29 is 146 Å². The van der Waals surface area contributed by atoms with Crippen molar-refractivity contribution in [3.05, 3.63) is 0 Å². The van der Waals surface area contributed by atoms with Crippen molar-refractivity contribution in [3.8, 4) is 0 Å². The summed E-state index contributed by atoms with van der Waals surface area (Å²) < 4.78 is 6.02. The molecule has 11 heavy (non-hydrogen) atoms. The van der Waals surface area contributed by atoms with E-state index in [9.17, 15) is 0 Å². The molecule has 8 heteroatoms.